The van der Waals surface area contributed by atoms with Crippen LogP contribution in [0, 0.1) is 0 Å². The van der Waals surface area contributed by atoms with Gasteiger partial charge in [0, 0.05) is 16.9 Å². The largest absolute Gasteiger partial charge is 0.389 e. The lowest BCUT2D eigenvalue weighted by Crippen LogP contribution is -2.29. The summed E-state index contributed by atoms with van der Waals surface area (Å²) in [4.78, 5) is 0. The first kappa shape index (κ1) is 15.5. The summed E-state index contributed by atoms with van der Waals surface area (Å²) < 4.78 is 36.8. The molecule has 0 aromatic heterocycles. The van der Waals surface area contributed by atoms with Crippen LogP contribution >= 0.6 is 15.9 Å². The Kier molecular flexibility index (Phi) is 6.15. The predicted molar refractivity (Wildman–Crippen MR) is 70.6 cm³/mol. The van der Waals surface area contributed by atoms with E-state index in [1.165, 1.54) is 5.56 Å². The predicted octanol–water partition coefficient (Wildman–Crippen LogP) is 4.31. The van der Waals surface area contributed by atoms with Gasteiger partial charge in [-0.05, 0) is 44.0 Å². The number of nitrogens with one attached hydrogen (secondary N) is 1. The number of hydrogen-bond acceptors (Lipinski definition) is 1. The summed E-state index contributed by atoms with van der Waals surface area (Å²) in [7, 11) is 0. The zero-order chi connectivity index (χ0) is 13.6. The van der Waals surface area contributed by atoms with Crippen molar-refractivity contribution >= 4 is 15.9 Å². The Morgan fingerprint density at radius 2 is 1.83 bits per heavy atom. The zero-order valence-electron chi connectivity index (χ0n) is 10.2. The van der Waals surface area contributed by atoms with Crippen LogP contribution in [0.25, 0.3) is 0 Å². The summed E-state index contributed by atoms with van der Waals surface area (Å²) in [5, 5.41) is 3.11. The number of hydrogen-bond donors (Lipinski definition) is 1. The standard InChI is InChI=1S/C13H17BrF3N/c1-10(18-8-2-7-13(15,16)17)9-11-3-5-12(14)6-4-11/h3-6,10,18H,2,7-9H2,1H3. The summed E-state index contributed by atoms with van der Waals surface area (Å²) in [5.41, 5.74) is 1.18. The van der Waals surface area contributed by atoms with Crippen molar-refractivity contribution in [3.8, 4) is 0 Å². The maximum Gasteiger partial charge on any atom is 0.389 e. The van der Waals surface area contributed by atoms with Gasteiger partial charge in [0.15, 0.2) is 0 Å². The molecule has 0 fully saturated rings. The minimum absolute atomic E-state index is 0.133. The average Bonchev–Trinajstić information content (AvgIpc) is 2.26. The molecule has 18 heavy (non-hydrogen) atoms. The maximum atomic E-state index is 11.9. The molecule has 1 atom stereocenters. The van der Waals surface area contributed by atoms with Crippen molar-refractivity contribution in [3.63, 3.8) is 0 Å². The van der Waals surface area contributed by atoms with Gasteiger partial charge in [-0.2, -0.15) is 13.2 Å². The Labute approximate surface area is 114 Å². The van der Waals surface area contributed by atoms with Crippen LogP contribution in [0.1, 0.15) is 25.3 Å². The van der Waals surface area contributed by atoms with Crippen LogP contribution in [-0.4, -0.2) is 18.8 Å². The van der Waals surface area contributed by atoms with E-state index in [-0.39, 0.29) is 12.5 Å². The van der Waals surface area contributed by atoms with E-state index >= 15 is 0 Å². The van der Waals surface area contributed by atoms with Gasteiger partial charge in [0.1, 0.15) is 0 Å². The molecular weight excluding hydrogens is 307 g/mol. The Hall–Kier alpha value is -0.550. The van der Waals surface area contributed by atoms with E-state index in [0.29, 0.717) is 6.54 Å². The van der Waals surface area contributed by atoms with Crippen LogP contribution in [0.5, 0.6) is 0 Å². The van der Waals surface area contributed by atoms with Crippen LogP contribution < -0.4 is 5.32 Å². The lowest BCUT2D eigenvalue weighted by Gasteiger charge is -2.14. The molecule has 0 bridgehead atoms. The molecule has 0 amide bonds. The first-order valence-electron chi connectivity index (χ1n) is 5.91. The van der Waals surface area contributed by atoms with Gasteiger partial charge in [0.2, 0.25) is 0 Å². The highest BCUT2D eigenvalue weighted by molar-refractivity contribution is 9.10. The van der Waals surface area contributed by atoms with Crippen molar-refractivity contribution in [1.29, 1.82) is 0 Å². The Bertz CT molecular complexity index is 348. The Morgan fingerprint density at radius 3 is 2.39 bits per heavy atom. The summed E-state index contributed by atoms with van der Waals surface area (Å²) >= 11 is 3.36. The van der Waals surface area contributed by atoms with E-state index in [2.05, 4.69) is 21.2 Å². The number of rotatable bonds is 6. The van der Waals surface area contributed by atoms with Crippen LogP contribution in [0.15, 0.2) is 28.7 Å². The van der Waals surface area contributed by atoms with Crippen molar-refractivity contribution in [1.82, 2.24) is 5.32 Å². The summed E-state index contributed by atoms with van der Waals surface area (Å²) in [6.07, 6.45) is -3.81. The monoisotopic (exact) mass is 323 g/mol. The molecule has 1 aromatic carbocycles. The molecule has 0 radical (unpaired) electrons. The van der Waals surface area contributed by atoms with Gasteiger partial charge in [-0.1, -0.05) is 28.1 Å². The third-order valence-corrected chi connectivity index (χ3v) is 3.11. The molecule has 1 rings (SSSR count). The van der Waals surface area contributed by atoms with Gasteiger partial charge >= 0.3 is 6.18 Å². The molecule has 1 nitrogen and oxygen atoms in total. The van der Waals surface area contributed by atoms with Crippen molar-refractivity contribution in [2.45, 2.75) is 38.4 Å². The quantitative estimate of drug-likeness (QED) is 0.769. The third kappa shape index (κ3) is 7.01. The maximum absolute atomic E-state index is 11.9. The summed E-state index contributed by atoms with van der Waals surface area (Å²) in [6, 6.07) is 8.13. The van der Waals surface area contributed by atoms with E-state index in [9.17, 15) is 13.2 Å². The first-order chi connectivity index (χ1) is 8.37. The summed E-state index contributed by atoms with van der Waals surface area (Å²) in [6.45, 7) is 2.38. The average molecular weight is 324 g/mol. The molecule has 1 N–H and O–H groups in total. The summed E-state index contributed by atoms with van der Waals surface area (Å²) in [5.74, 6) is 0. The second kappa shape index (κ2) is 7.14. The smallest absolute Gasteiger partial charge is 0.314 e. The molecule has 0 spiro atoms. The second-order valence-electron chi connectivity index (χ2n) is 4.40. The third-order valence-electron chi connectivity index (χ3n) is 2.58. The minimum atomic E-state index is -4.05. The van der Waals surface area contributed by atoms with Gasteiger partial charge in [0.05, 0.1) is 0 Å². The van der Waals surface area contributed by atoms with Gasteiger partial charge < -0.3 is 5.32 Å². The van der Waals surface area contributed by atoms with Crippen LogP contribution in [0.4, 0.5) is 13.2 Å². The molecule has 0 aliphatic heterocycles. The van der Waals surface area contributed by atoms with Crippen molar-refractivity contribution in [2.75, 3.05) is 6.54 Å². The molecule has 0 saturated carbocycles. The normalized spacial score (nSPS) is 13.6. The SMILES string of the molecule is CC(Cc1ccc(Br)cc1)NCCCC(F)(F)F. The fourth-order valence-corrected chi connectivity index (χ4v) is 1.95. The molecule has 1 unspecified atom stereocenters. The minimum Gasteiger partial charge on any atom is -0.314 e. The molecule has 0 heterocycles. The number of benzene rings is 1. The topological polar surface area (TPSA) is 12.0 Å². The molecule has 1 aromatic rings. The van der Waals surface area contributed by atoms with Gasteiger partial charge in [-0.3, -0.25) is 0 Å². The van der Waals surface area contributed by atoms with Crippen molar-refractivity contribution in [2.24, 2.45) is 0 Å². The molecule has 0 aliphatic rings. The molecule has 5 heteroatoms. The van der Waals surface area contributed by atoms with Gasteiger partial charge in [-0.15, -0.1) is 0 Å². The number of halogens is 4. The lowest BCUT2D eigenvalue weighted by molar-refractivity contribution is -0.135. The van der Waals surface area contributed by atoms with E-state index < -0.39 is 12.6 Å². The van der Waals surface area contributed by atoms with Gasteiger partial charge in [0.25, 0.3) is 0 Å². The zero-order valence-corrected chi connectivity index (χ0v) is 11.8. The highest BCUT2D eigenvalue weighted by atomic mass is 79.9. The fraction of sp³-hybridized carbons (Fsp3) is 0.538. The van der Waals surface area contributed by atoms with E-state index in [0.717, 1.165) is 10.9 Å². The fourth-order valence-electron chi connectivity index (χ4n) is 1.68. The van der Waals surface area contributed by atoms with Crippen LogP contribution in [-0.2, 0) is 6.42 Å². The van der Waals surface area contributed by atoms with E-state index in [1.54, 1.807) is 0 Å². The van der Waals surface area contributed by atoms with Crippen LogP contribution in [0.3, 0.4) is 0 Å². The van der Waals surface area contributed by atoms with Gasteiger partial charge in [-0.25, -0.2) is 0 Å². The second-order valence-corrected chi connectivity index (χ2v) is 5.32. The molecular formula is C13H17BrF3N. The Morgan fingerprint density at radius 1 is 1.22 bits per heavy atom. The molecule has 0 aliphatic carbocycles. The lowest BCUT2D eigenvalue weighted by atomic mass is 10.1. The van der Waals surface area contributed by atoms with Crippen molar-refractivity contribution in [3.05, 3.63) is 34.3 Å². The van der Waals surface area contributed by atoms with Crippen molar-refractivity contribution < 1.29 is 13.2 Å². The first-order valence-corrected chi connectivity index (χ1v) is 6.71. The Balaban J connectivity index is 2.21. The number of alkyl halides is 3. The van der Waals surface area contributed by atoms with E-state index in [1.807, 2.05) is 31.2 Å². The molecule has 0 saturated heterocycles. The van der Waals surface area contributed by atoms with E-state index in [4.69, 9.17) is 0 Å². The molecule has 102 valence electrons. The highest BCUT2D eigenvalue weighted by Gasteiger charge is 2.25. The van der Waals surface area contributed by atoms with Crippen LogP contribution in [0.2, 0.25) is 0 Å². The highest BCUT2D eigenvalue weighted by Crippen LogP contribution is 2.20.